The predicted molar refractivity (Wildman–Crippen MR) is 74.2 cm³/mol. The third kappa shape index (κ3) is 3.85. The molecule has 0 fully saturated rings. The molecular weight excluding hydrogens is 314 g/mol. The Morgan fingerprint density at radius 3 is 2.37 bits per heavy atom. The highest BCUT2D eigenvalue weighted by molar-refractivity contribution is 9.10. The van der Waals surface area contributed by atoms with Crippen molar-refractivity contribution in [2.45, 2.75) is 19.0 Å². The summed E-state index contributed by atoms with van der Waals surface area (Å²) in [7, 11) is 0. The van der Waals surface area contributed by atoms with Crippen molar-refractivity contribution >= 4 is 15.9 Å². The van der Waals surface area contributed by atoms with Crippen LogP contribution in [-0.2, 0) is 6.42 Å². The Bertz CT molecular complexity index is 557. The first-order valence-electron chi connectivity index (χ1n) is 5.87. The normalized spacial score (nSPS) is 12.7. The molecule has 0 aliphatic heterocycles. The largest absolute Gasteiger partial charge is 0.388 e. The molecule has 0 spiro atoms. The maximum absolute atomic E-state index is 12.6. The molecular formula is C15H13BrF2O. The van der Waals surface area contributed by atoms with Crippen molar-refractivity contribution in [3.05, 3.63) is 69.7 Å². The van der Waals surface area contributed by atoms with Crippen LogP contribution in [0.15, 0.2) is 53.0 Å². The van der Waals surface area contributed by atoms with E-state index in [0.29, 0.717) is 12.0 Å². The van der Waals surface area contributed by atoms with Crippen molar-refractivity contribution in [3.63, 3.8) is 0 Å². The molecule has 0 amide bonds. The number of rotatable bonds is 4. The van der Waals surface area contributed by atoms with Crippen LogP contribution in [0.25, 0.3) is 0 Å². The number of hydrogen-bond acceptors (Lipinski definition) is 1. The summed E-state index contributed by atoms with van der Waals surface area (Å²) in [6.07, 6.45) is -2.91. The van der Waals surface area contributed by atoms with Crippen LogP contribution < -0.4 is 0 Å². The summed E-state index contributed by atoms with van der Waals surface area (Å²) in [5, 5.41) is 10.1. The fourth-order valence-electron chi connectivity index (χ4n) is 1.91. The maximum atomic E-state index is 12.6. The van der Waals surface area contributed by atoms with Gasteiger partial charge in [-0.15, -0.1) is 0 Å². The SMILES string of the molecule is OC(Cc1cccc(Br)c1)c1cccc(C(F)F)c1. The fourth-order valence-corrected chi connectivity index (χ4v) is 2.35. The number of alkyl halides is 2. The molecule has 1 atom stereocenters. The van der Waals surface area contributed by atoms with Crippen LogP contribution in [0.5, 0.6) is 0 Å². The molecule has 2 rings (SSSR count). The number of halogens is 3. The quantitative estimate of drug-likeness (QED) is 0.866. The zero-order valence-corrected chi connectivity index (χ0v) is 11.6. The topological polar surface area (TPSA) is 20.2 Å². The monoisotopic (exact) mass is 326 g/mol. The summed E-state index contributed by atoms with van der Waals surface area (Å²) in [5.41, 5.74) is 1.40. The van der Waals surface area contributed by atoms with Gasteiger partial charge in [-0.25, -0.2) is 8.78 Å². The van der Waals surface area contributed by atoms with Crippen LogP contribution in [0.1, 0.15) is 29.2 Å². The van der Waals surface area contributed by atoms with Gasteiger partial charge in [0.2, 0.25) is 0 Å². The van der Waals surface area contributed by atoms with Crippen LogP contribution >= 0.6 is 15.9 Å². The first-order valence-corrected chi connectivity index (χ1v) is 6.66. The van der Waals surface area contributed by atoms with Gasteiger partial charge in [0.05, 0.1) is 6.10 Å². The van der Waals surface area contributed by atoms with E-state index < -0.39 is 12.5 Å². The smallest absolute Gasteiger partial charge is 0.263 e. The molecule has 4 heteroatoms. The van der Waals surface area contributed by atoms with Crippen LogP contribution in [0.2, 0.25) is 0 Å². The molecule has 1 unspecified atom stereocenters. The zero-order valence-electron chi connectivity index (χ0n) is 10.1. The molecule has 0 saturated heterocycles. The standard InChI is InChI=1S/C15H13BrF2O/c16-13-6-1-3-10(7-13)8-14(19)11-4-2-5-12(9-11)15(17)18/h1-7,9,14-15,19H,8H2. The lowest BCUT2D eigenvalue weighted by Crippen LogP contribution is -2.02. The second kappa shape index (κ2) is 6.26. The van der Waals surface area contributed by atoms with Crippen molar-refractivity contribution in [1.82, 2.24) is 0 Å². The number of aliphatic hydroxyl groups is 1. The number of aliphatic hydroxyl groups excluding tert-OH is 1. The van der Waals surface area contributed by atoms with Gasteiger partial charge in [-0.3, -0.25) is 0 Å². The number of hydrogen-bond donors (Lipinski definition) is 1. The van der Waals surface area contributed by atoms with E-state index in [9.17, 15) is 13.9 Å². The van der Waals surface area contributed by atoms with E-state index in [0.717, 1.165) is 10.0 Å². The molecule has 2 aromatic rings. The average Bonchev–Trinajstić information content (AvgIpc) is 2.39. The van der Waals surface area contributed by atoms with Gasteiger partial charge in [-0.2, -0.15) is 0 Å². The molecule has 0 radical (unpaired) electrons. The van der Waals surface area contributed by atoms with Crippen molar-refractivity contribution in [2.75, 3.05) is 0 Å². The highest BCUT2D eigenvalue weighted by atomic mass is 79.9. The van der Waals surface area contributed by atoms with E-state index >= 15 is 0 Å². The summed E-state index contributed by atoms with van der Waals surface area (Å²) in [5.74, 6) is 0. The van der Waals surface area contributed by atoms with Crippen molar-refractivity contribution in [2.24, 2.45) is 0 Å². The van der Waals surface area contributed by atoms with E-state index in [-0.39, 0.29) is 5.56 Å². The minimum atomic E-state index is -2.52. The van der Waals surface area contributed by atoms with Crippen LogP contribution in [0, 0.1) is 0 Å². The van der Waals surface area contributed by atoms with E-state index in [2.05, 4.69) is 15.9 Å². The van der Waals surface area contributed by atoms with Crippen LogP contribution in [0.3, 0.4) is 0 Å². The third-order valence-electron chi connectivity index (χ3n) is 2.87. The second-order valence-electron chi connectivity index (χ2n) is 4.32. The Morgan fingerprint density at radius 1 is 1.00 bits per heavy atom. The van der Waals surface area contributed by atoms with Gasteiger partial charge < -0.3 is 5.11 Å². The molecule has 0 bridgehead atoms. The summed E-state index contributed by atoms with van der Waals surface area (Å²) >= 11 is 3.36. The first kappa shape index (κ1) is 14.2. The van der Waals surface area contributed by atoms with Gasteiger partial charge in [0, 0.05) is 16.5 Å². The van der Waals surface area contributed by atoms with E-state index in [1.54, 1.807) is 12.1 Å². The summed E-state index contributed by atoms with van der Waals surface area (Å²) in [4.78, 5) is 0. The highest BCUT2D eigenvalue weighted by Crippen LogP contribution is 2.25. The van der Waals surface area contributed by atoms with Crippen molar-refractivity contribution in [3.8, 4) is 0 Å². The van der Waals surface area contributed by atoms with Gasteiger partial charge >= 0.3 is 0 Å². The molecule has 0 aliphatic carbocycles. The zero-order chi connectivity index (χ0) is 13.8. The lowest BCUT2D eigenvalue weighted by Gasteiger charge is -2.12. The Labute approximate surface area is 119 Å². The van der Waals surface area contributed by atoms with Gasteiger partial charge in [0.1, 0.15) is 0 Å². The minimum Gasteiger partial charge on any atom is -0.388 e. The summed E-state index contributed by atoms with van der Waals surface area (Å²) in [6, 6.07) is 13.5. The van der Waals surface area contributed by atoms with Crippen LogP contribution in [0.4, 0.5) is 8.78 Å². The van der Waals surface area contributed by atoms with Crippen molar-refractivity contribution in [1.29, 1.82) is 0 Å². The second-order valence-corrected chi connectivity index (χ2v) is 5.24. The van der Waals surface area contributed by atoms with Gasteiger partial charge in [0.15, 0.2) is 0 Å². The number of benzene rings is 2. The summed E-state index contributed by atoms with van der Waals surface area (Å²) < 4.78 is 26.1. The minimum absolute atomic E-state index is 0.0641. The van der Waals surface area contributed by atoms with Gasteiger partial charge in [0.25, 0.3) is 6.43 Å². The molecule has 1 nitrogen and oxygen atoms in total. The molecule has 0 saturated carbocycles. The Morgan fingerprint density at radius 2 is 1.68 bits per heavy atom. The molecule has 2 aromatic carbocycles. The van der Waals surface area contributed by atoms with E-state index in [4.69, 9.17) is 0 Å². The highest BCUT2D eigenvalue weighted by Gasteiger charge is 2.12. The molecule has 100 valence electrons. The molecule has 0 heterocycles. The van der Waals surface area contributed by atoms with Gasteiger partial charge in [-0.1, -0.05) is 46.3 Å². The Hall–Kier alpha value is -1.26. The molecule has 1 N–H and O–H groups in total. The van der Waals surface area contributed by atoms with E-state index in [1.165, 1.54) is 12.1 Å². The summed E-state index contributed by atoms with van der Waals surface area (Å²) in [6.45, 7) is 0. The molecule has 0 aromatic heterocycles. The molecule has 0 aliphatic rings. The third-order valence-corrected chi connectivity index (χ3v) is 3.36. The van der Waals surface area contributed by atoms with E-state index in [1.807, 2.05) is 24.3 Å². The Balaban J connectivity index is 2.15. The fraction of sp³-hybridized carbons (Fsp3) is 0.200. The first-order chi connectivity index (χ1) is 9.06. The maximum Gasteiger partial charge on any atom is 0.263 e. The lowest BCUT2D eigenvalue weighted by molar-refractivity contribution is 0.149. The molecule has 19 heavy (non-hydrogen) atoms. The lowest BCUT2D eigenvalue weighted by atomic mass is 10.00. The predicted octanol–water partition coefficient (Wildman–Crippen LogP) is 4.66. The van der Waals surface area contributed by atoms with Crippen molar-refractivity contribution < 1.29 is 13.9 Å². The van der Waals surface area contributed by atoms with Gasteiger partial charge in [-0.05, 0) is 29.3 Å². The Kier molecular flexibility index (Phi) is 4.66. The van der Waals surface area contributed by atoms with Crippen LogP contribution in [-0.4, -0.2) is 5.11 Å². The average molecular weight is 327 g/mol.